The summed E-state index contributed by atoms with van der Waals surface area (Å²) in [7, 11) is 3.34. The standard InChI is InChI=1S/C19H21NO5S/c1-20(14-3-5-16(6-4-14)25-13-19(22)23)18(21)11-12-26-17-9-7-15(24-2)8-10-17/h3-10H,11-13H2,1-2H3,(H,22,23). The fraction of sp³-hybridized carbons (Fsp3) is 0.263. The van der Waals surface area contributed by atoms with Crippen molar-refractivity contribution in [3.63, 3.8) is 0 Å². The molecular formula is C19H21NO5S. The number of carbonyl (C=O) groups is 2. The van der Waals surface area contributed by atoms with Crippen molar-refractivity contribution in [3.05, 3.63) is 48.5 Å². The van der Waals surface area contributed by atoms with Crippen LogP contribution in [0, 0.1) is 0 Å². The van der Waals surface area contributed by atoms with Gasteiger partial charge in [-0.1, -0.05) is 0 Å². The van der Waals surface area contributed by atoms with Crippen molar-refractivity contribution in [2.75, 3.05) is 31.4 Å². The van der Waals surface area contributed by atoms with Crippen molar-refractivity contribution in [2.45, 2.75) is 11.3 Å². The molecule has 1 amide bonds. The Morgan fingerprint density at radius 1 is 1.04 bits per heavy atom. The predicted octanol–water partition coefficient (Wildman–Crippen LogP) is 3.30. The van der Waals surface area contributed by atoms with E-state index in [2.05, 4.69) is 0 Å². The zero-order valence-corrected chi connectivity index (χ0v) is 15.5. The second-order valence-corrected chi connectivity index (χ2v) is 6.57. The number of anilines is 1. The van der Waals surface area contributed by atoms with Gasteiger partial charge in [-0.05, 0) is 48.5 Å². The van der Waals surface area contributed by atoms with E-state index < -0.39 is 12.6 Å². The Kier molecular flexibility index (Phi) is 7.35. The van der Waals surface area contributed by atoms with Crippen LogP contribution in [-0.4, -0.2) is 43.5 Å². The summed E-state index contributed by atoms with van der Waals surface area (Å²) in [5, 5.41) is 8.60. The lowest BCUT2D eigenvalue weighted by Gasteiger charge is -2.17. The first-order valence-corrected chi connectivity index (χ1v) is 8.96. The Balaban J connectivity index is 1.81. The van der Waals surface area contributed by atoms with Gasteiger partial charge in [0.2, 0.25) is 5.91 Å². The minimum Gasteiger partial charge on any atom is -0.497 e. The van der Waals surface area contributed by atoms with E-state index in [1.807, 2.05) is 24.3 Å². The van der Waals surface area contributed by atoms with Crippen LogP contribution < -0.4 is 14.4 Å². The highest BCUT2D eigenvalue weighted by Crippen LogP contribution is 2.23. The van der Waals surface area contributed by atoms with Crippen molar-refractivity contribution >= 4 is 29.3 Å². The molecular weight excluding hydrogens is 354 g/mol. The van der Waals surface area contributed by atoms with Crippen molar-refractivity contribution in [1.82, 2.24) is 0 Å². The minimum atomic E-state index is -1.03. The Labute approximate surface area is 156 Å². The number of ether oxygens (including phenoxy) is 2. The van der Waals surface area contributed by atoms with Crippen LogP contribution in [0.1, 0.15) is 6.42 Å². The predicted molar refractivity (Wildman–Crippen MR) is 101 cm³/mol. The average molecular weight is 375 g/mol. The summed E-state index contributed by atoms with van der Waals surface area (Å²) >= 11 is 1.61. The highest BCUT2D eigenvalue weighted by molar-refractivity contribution is 7.99. The number of aliphatic carboxylic acids is 1. The second-order valence-electron chi connectivity index (χ2n) is 5.40. The van der Waals surface area contributed by atoms with Gasteiger partial charge in [-0.15, -0.1) is 11.8 Å². The number of carboxylic acid groups (broad SMARTS) is 1. The zero-order chi connectivity index (χ0) is 18.9. The lowest BCUT2D eigenvalue weighted by atomic mass is 10.2. The molecule has 0 aliphatic carbocycles. The quantitative estimate of drug-likeness (QED) is 0.678. The molecule has 0 bridgehead atoms. The summed E-state index contributed by atoms with van der Waals surface area (Å²) in [6.07, 6.45) is 0.407. The molecule has 0 aliphatic rings. The van der Waals surface area contributed by atoms with E-state index in [4.69, 9.17) is 14.6 Å². The Bertz CT molecular complexity index is 731. The molecule has 1 N–H and O–H groups in total. The van der Waals surface area contributed by atoms with Gasteiger partial charge in [-0.3, -0.25) is 4.79 Å². The minimum absolute atomic E-state index is 0.00483. The number of carbonyl (C=O) groups excluding carboxylic acids is 1. The van der Waals surface area contributed by atoms with Crippen molar-refractivity contribution in [1.29, 1.82) is 0 Å². The van der Waals surface area contributed by atoms with Crippen LogP contribution in [-0.2, 0) is 9.59 Å². The van der Waals surface area contributed by atoms with Crippen molar-refractivity contribution in [3.8, 4) is 11.5 Å². The molecule has 2 aromatic carbocycles. The van der Waals surface area contributed by atoms with Crippen LogP contribution >= 0.6 is 11.8 Å². The first-order chi connectivity index (χ1) is 12.5. The summed E-state index contributed by atoms with van der Waals surface area (Å²) in [6, 6.07) is 14.5. The first-order valence-electron chi connectivity index (χ1n) is 7.97. The molecule has 0 atom stereocenters. The molecule has 0 saturated carbocycles. The summed E-state index contributed by atoms with van der Waals surface area (Å²) in [6.45, 7) is -0.392. The van der Waals surface area contributed by atoms with E-state index in [-0.39, 0.29) is 5.91 Å². The van der Waals surface area contributed by atoms with Crippen LogP contribution in [0.4, 0.5) is 5.69 Å². The molecule has 0 fully saturated rings. The van der Waals surface area contributed by atoms with Crippen LogP contribution in [0.25, 0.3) is 0 Å². The third-order valence-electron chi connectivity index (χ3n) is 3.60. The number of methoxy groups -OCH3 is 1. The molecule has 0 saturated heterocycles. The first kappa shape index (κ1) is 19.7. The molecule has 6 nitrogen and oxygen atoms in total. The number of benzene rings is 2. The second kappa shape index (κ2) is 9.72. The van der Waals surface area contributed by atoms with Gasteiger partial charge >= 0.3 is 5.97 Å². The molecule has 138 valence electrons. The molecule has 0 aromatic heterocycles. The molecule has 0 unspecified atom stereocenters. The molecule has 26 heavy (non-hydrogen) atoms. The molecule has 0 radical (unpaired) electrons. The average Bonchev–Trinajstić information content (AvgIpc) is 2.66. The van der Waals surface area contributed by atoms with E-state index in [9.17, 15) is 9.59 Å². The fourth-order valence-electron chi connectivity index (χ4n) is 2.15. The molecule has 0 spiro atoms. The SMILES string of the molecule is COc1ccc(SCCC(=O)N(C)c2ccc(OCC(=O)O)cc2)cc1. The maximum absolute atomic E-state index is 12.3. The van der Waals surface area contributed by atoms with Gasteiger partial charge < -0.3 is 19.5 Å². The Hall–Kier alpha value is -2.67. The fourth-order valence-corrected chi connectivity index (χ4v) is 2.99. The van der Waals surface area contributed by atoms with Gasteiger partial charge in [-0.25, -0.2) is 4.79 Å². The largest absolute Gasteiger partial charge is 0.497 e. The third kappa shape index (κ3) is 6.00. The van der Waals surface area contributed by atoms with Gasteiger partial charge in [-0.2, -0.15) is 0 Å². The van der Waals surface area contributed by atoms with Crippen LogP contribution in [0.3, 0.4) is 0 Å². The van der Waals surface area contributed by atoms with Gasteiger partial charge in [0.1, 0.15) is 11.5 Å². The van der Waals surface area contributed by atoms with E-state index in [0.29, 0.717) is 17.9 Å². The number of thioether (sulfide) groups is 1. The monoisotopic (exact) mass is 375 g/mol. The Morgan fingerprint density at radius 2 is 1.65 bits per heavy atom. The topological polar surface area (TPSA) is 76.1 Å². The zero-order valence-electron chi connectivity index (χ0n) is 14.7. The number of rotatable bonds is 9. The highest BCUT2D eigenvalue weighted by atomic mass is 32.2. The lowest BCUT2D eigenvalue weighted by Crippen LogP contribution is -2.26. The van der Waals surface area contributed by atoms with Crippen molar-refractivity contribution < 1.29 is 24.2 Å². The van der Waals surface area contributed by atoms with Gasteiger partial charge in [0.25, 0.3) is 0 Å². The van der Waals surface area contributed by atoms with E-state index in [1.54, 1.807) is 55.1 Å². The van der Waals surface area contributed by atoms with Crippen LogP contribution in [0.5, 0.6) is 11.5 Å². The molecule has 0 aliphatic heterocycles. The van der Waals surface area contributed by atoms with Gasteiger partial charge in [0.15, 0.2) is 6.61 Å². The van der Waals surface area contributed by atoms with Gasteiger partial charge in [0, 0.05) is 29.8 Å². The third-order valence-corrected chi connectivity index (χ3v) is 4.62. The summed E-state index contributed by atoms with van der Waals surface area (Å²) in [5.41, 5.74) is 0.729. The molecule has 2 rings (SSSR count). The molecule has 2 aromatic rings. The Morgan fingerprint density at radius 3 is 2.23 bits per heavy atom. The maximum atomic E-state index is 12.3. The number of hydrogen-bond donors (Lipinski definition) is 1. The number of nitrogens with zero attached hydrogens (tertiary/aromatic N) is 1. The lowest BCUT2D eigenvalue weighted by molar-refractivity contribution is -0.139. The number of amides is 1. The number of carboxylic acids is 1. The van der Waals surface area contributed by atoms with Gasteiger partial charge in [0.05, 0.1) is 7.11 Å². The summed E-state index contributed by atoms with van der Waals surface area (Å²) in [5.74, 6) is 0.906. The normalized spacial score (nSPS) is 10.2. The summed E-state index contributed by atoms with van der Waals surface area (Å²) < 4.78 is 10.2. The maximum Gasteiger partial charge on any atom is 0.341 e. The van der Waals surface area contributed by atoms with E-state index >= 15 is 0 Å². The summed E-state index contributed by atoms with van der Waals surface area (Å²) in [4.78, 5) is 25.5. The van der Waals surface area contributed by atoms with Crippen molar-refractivity contribution in [2.24, 2.45) is 0 Å². The number of hydrogen-bond acceptors (Lipinski definition) is 5. The highest BCUT2D eigenvalue weighted by Gasteiger charge is 2.11. The molecule has 0 heterocycles. The van der Waals surface area contributed by atoms with Crippen LogP contribution in [0.2, 0.25) is 0 Å². The smallest absolute Gasteiger partial charge is 0.341 e. The molecule has 7 heteroatoms. The van der Waals surface area contributed by atoms with E-state index in [0.717, 1.165) is 16.3 Å². The van der Waals surface area contributed by atoms with Crippen LogP contribution in [0.15, 0.2) is 53.4 Å². The van der Waals surface area contributed by atoms with E-state index in [1.165, 1.54) is 0 Å².